The Morgan fingerprint density at radius 1 is 1.13 bits per heavy atom. The van der Waals surface area contributed by atoms with Gasteiger partial charge in [-0.05, 0) is 36.4 Å². The number of aliphatic hydroxyl groups is 1. The summed E-state index contributed by atoms with van der Waals surface area (Å²) in [5.41, 5.74) is -1.18. The maximum atomic E-state index is 13.0. The highest BCUT2D eigenvalue weighted by atomic mass is 19.1. The van der Waals surface area contributed by atoms with Crippen molar-refractivity contribution in [2.24, 2.45) is 0 Å². The van der Waals surface area contributed by atoms with Gasteiger partial charge in [0, 0.05) is 24.3 Å². The lowest BCUT2D eigenvalue weighted by Gasteiger charge is -2.21. The molecule has 6 heteroatoms. The molecule has 0 aromatic heterocycles. The first-order valence-electron chi connectivity index (χ1n) is 7.17. The average molecular weight is 314 g/mol. The van der Waals surface area contributed by atoms with Crippen LogP contribution in [0.4, 0.5) is 15.8 Å². The Labute approximate surface area is 132 Å². The van der Waals surface area contributed by atoms with Crippen LogP contribution in [0.3, 0.4) is 0 Å². The fourth-order valence-electron chi connectivity index (χ4n) is 2.54. The maximum Gasteiger partial charge on any atom is 0.268 e. The summed E-state index contributed by atoms with van der Waals surface area (Å²) in [4.78, 5) is 26.1. The van der Waals surface area contributed by atoms with Crippen LogP contribution in [0.15, 0.2) is 54.6 Å². The number of para-hydroxylation sites is 1. The van der Waals surface area contributed by atoms with E-state index in [4.69, 9.17) is 0 Å². The van der Waals surface area contributed by atoms with Crippen LogP contribution in [-0.4, -0.2) is 29.1 Å². The van der Waals surface area contributed by atoms with E-state index < -0.39 is 23.2 Å². The highest BCUT2D eigenvalue weighted by Gasteiger charge is 2.51. The minimum Gasteiger partial charge on any atom is -0.372 e. The molecule has 2 aromatic rings. The monoisotopic (exact) mass is 314 g/mol. The number of hydrogen-bond donors (Lipinski definition) is 2. The molecule has 0 saturated carbocycles. The van der Waals surface area contributed by atoms with E-state index in [0.717, 1.165) is 0 Å². The first-order valence-corrected chi connectivity index (χ1v) is 7.17. The van der Waals surface area contributed by atoms with Gasteiger partial charge in [-0.25, -0.2) is 4.39 Å². The van der Waals surface area contributed by atoms with Gasteiger partial charge in [-0.15, -0.1) is 0 Å². The number of carbonyl (C=O) groups excluding carboxylic acids is 2. The molecule has 0 aliphatic carbocycles. The molecule has 2 N–H and O–H groups in total. The van der Waals surface area contributed by atoms with Gasteiger partial charge < -0.3 is 15.3 Å². The second-order valence-corrected chi connectivity index (χ2v) is 5.36. The van der Waals surface area contributed by atoms with Crippen molar-refractivity contribution < 1.29 is 19.1 Å². The Balaban J connectivity index is 1.79. The fraction of sp³-hybridized carbons (Fsp3) is 0.176. The summed E-state index contributed by atoms with van der Waals surface area (Å²) in [6.45, 7) is 0.184. The van der Waals surface area contributed by atoms with Gasteiger partial charge in [-0.2, -0.15) is 0 Å². The third-order valence-corrected chi connectivity index (χ3v) is 3.84. The number of rotatable bonds is 3. The lowest BCUT2D eigenvalue weighted by Crippen LogP contribution is -2.49. The zero-order valence-electron chi connectivity index (χ0n) is 12.2. The number of nitrogens with one attached hydrogen (secondary N) is 1. The van der Waals surface area contributed by atoms with E-state index in [0.29, 0.717) is 11.4 Å². The van der Waals surface area contributed by atoms with Gasteiger partial charge in [-0.3, -0.25) is 9.59 Å². The van der Waals surface area contributed by atoms with Crippen molar-refractivity contribution in [3.8, 4) is 0 Å². The Morgan fingerprint density at radius 3 is 2.43 bits per heavy atom. The standard InChI is InChI=1S/C17H15FN2O3/c18-12-6-8-14(9-7-12)20-11-10-17(23,16(20)22)15(21)19-13-4-2-1-3-5-13/h1-9,23H,10-11H2,(H,19,21)/t17-/m0/s1. The van der Waals surface area contributed by atoms with Gasteiger partial charge in [-0.1, -0.05) is 18.2 Å². The van der Waals surface area contributed by atoms with E-state index in [1.165, 1.54) is 29.2 Å². The van der Waals surface area contributed by atoms with Crippen molar-refractivity contribution in [1.82, 2.24) is 0 Å². The summed E-state index contributed by atoms with van der Waals surface area (Å²) in [7, 11) is 0. The number of benzene rings is 2. The Bertz CT molecular complexity index is 733. The zero-order valence-corrected chi connectivity index (χ0v) is 12.2. The molecule has 1 heterocycles. The topological polar surface area (TPSA) is 69.6 Å². The van der Waals surface area contributed by atoms with E-state index in [-0.39, 0.29) is 13.0 Å². The maximum absolute atomic E-state index is 13.0. The van der Waals surface area contributed by atoms with E-state index >= 15 is 0 Å². The molecule has 0 spiro atoms. The largest absolute Gasteiger partial charge is 0.372 e. The highest BCUT2D eigenvalue weighted by molar-refractivity contribution is 6.19. The molecule has 118 valence electrons. The van der Waals surface area contributed by atoms with E-state index in [9.17, 15) is 19.1 Å². The van der Waals surface area contributed by atoms with Crippen LogP contribution in [0, 0.1) is 5.82 Å². The number of halogens is 1. The van der Waals surface area contributed by atoms with Crippen molar-refractivity contribution in [2.75, 3.05) is 16.8 Å². The average Bonchev–Trinajstić information content (AvgIpc) is 2.86. The number of nitrogens with zero attached hydrogens (tertiary/aromatic N) is 1. The third-order valence-electron chi connectivity index (χ3n) is 3.84. The molecule has 0 unspecified atom stereocenters. The highest BCUT2D eigenvalue weighted by Crippen LogP contribution is 2.29. The predicted octanol–water partition coefficient (Wildman–Crippen LogP) is 1.93. The van der Waals surface area contributed by atoms with Crippen LogP contribution in [0.5, 0.6) is 0 Å². The molecule has 1 saturated heterocycles. The first-order chi connectivity index (χ1) is 11.0. The number of anilines is 2. The van der Waals surface area contributed by atoms with Gasteiger partial charge in [0.05, 0.1) is 0 Å². The summed E-state index contributed by atoms with van der Waals surface area (Å²) < 4.78 is 13.0. The molecule has 0 radical (unpaired) electrons. The Kier molecular flexibility index (Phi) is 3.83. The normalized spacial score (nSPS) is 20.6. The number of hydrogen-bond acceptors (Lipinski definition) is 3. The summed E-state index contributed by atoms with van der Waals surface area (Å²) in [6.07, 6.45) is -0.0259. The summed E-state index contributed by atoms with van der Waals surface area (Å²) >= 11 is 0. The van der Waals surface area contributed by atoms with Crippen LogP contribution >= 0.6 is 0 Å². The molecular formula is C17H15FN2O3. The molecular weight excluding hydrogens is 299 g/mol. The SMILES string of the molecule is O=C(Nc1ccccc1)[C@@]1(O)CCN(c2ccc(F)cc2)C1=O. The molecule has 1 fully saturated rings. The van der Waals surface area contributed by atoms with Crippen molar-refractivity contribution in [2.45, 2.75) is 12.0 Å². The third kappa shape index (κ3) is 2.80. The molecule has 5 nitrogen and oxygen atoms in total. The smallest absolute Gasteiger partial charge is 0.268 e. The van der Waals surface area contributed by atoms with Gasteiger partial charge in [0.25, 0.3) is 11.8 Å². The van der Waals surface area contributed by atoms with Crippen molar-refractivity contribution >= 4 is 23.2 Å². The summed E-state index contributed by atoms with van der Waals surface area (Å²) in [6, 6.07) is 13.9. The van der Waals surface area contributed by atoms with Crippen LogP contribution in [0.2, 0.25) is 0 Å². The van der Waals surface area contributed by atoms with Crippen LogP contribution in [-0.2, 0) is 9.59 Å². The van der Waals surface area contributed by atoms with Crippen molar-refractivity contribution in [1.29, 1.82) is 0 Å². The lowest BCUT2D eigenvalue weighted by molar-refractivity contribution is -0.145. The van der Waals surface area contributed by atoms with Crippen LogP contribution in [0.25, 0.3) is 0 Å². The quantitative estimate of drug-likeness (QED) is 0.851. The Hall–Kier alpha value is -2.73. The molecule has 2 aromatic carbocycles. The molecule has 2 amide bonds. The molecule has 1 atom stereocenters. The van der Waals surface area contributed by atoms with E-state index in [2.05, 4.69) is 5.32 Å². The Morgan fingerprint density at radius 2 is 1.78 bits per heavy atom. The molecule has 23 heavy (non-hydrogen) atoms. The van der Waals surface area contributed by atoms with Gasteiger partial charge >= 0.3 is 0 Å². The van der Waals surface area contributed by atoms with Crippen molar-refractivity contribution in [3.63, 3.8) is 0 Å². The fourth-order valence-corrected chi connectivity index (χ4v) is 2.54. The predicted molar refractivity (Wildman–Crippen MR) is 83.4 cm³/mol. The second kappa shape index (κ2) is 5.81. The summed E-state index contributed by atoms with van der Waals surface area (Å²) in [5.74, 6) is -1.90. The summed E-state index contributed by atoms with van der Waals surface area (Å²) in [5, 5.41) is 13.0. The first kappa shape index (κ1) is 15.2. The van der Waals surface area contributed by atoms with Gasteiger partial charge in [0.1, 0.15) is 5.82 Å². The molecule has 0 bridgehead atoms. The van der Waals surface area contributed by atoms with Crippen molar-refractivity contribution in [3.05, 3.63) is 60.4 Å². The number of amides is 2. The lowest BCUT2D eigenvalue weighted by atomic mass is 10.0. The van der Waals surface area contributed by atoms with Crippen LogP contribution < -0.4 is 10.2 Å². The zero-order chi connectivity index (χ0) is 16.4. The van der Waals surface area contributed by atoms with Gasteiger partial charge in [0.2, 0.25) is 5.60 Å². The van der Waals surface area contributed by atoms with E-state index in [1.807, 2.05) is 0 Å². The second-order valence-electron chi connectivity index (χ2n) is 5.36. The minimum absolute atomic E-state index is 0.0259. The molecule has 1 aliphatic heterocycles. The minimum atomic E-state index is -2.12. The molecule has 3 rings (SSSR count). The molecule has 1 aliphatic rings. The van der Waals surface area contributed by atoms with Crippen LogP contribution in [0.1, 0.15) is 6.42 Å². The van der Waals surface area contributed by atoms with Gasteiger partial charge in [0.15, 0.2) is 0 Å². The number of carbonyl (C=O) groups is 2. The van der Waals surface area contributed by atoms with E-state index in [1.54, 1.807) is 30.3 Å².